The summed E-state index contributed by atoms with van der Waals surface area (Å²) in [5.41, 5.74) is 3.20. The minimum Gasteiger partial charge on any atom is -0.491 e. The second-order valence-corrected chi connectivity index (χ2v) is 9.74. The fourth-order valence-electron chi connectivity index (χ4n) is 4.18. The number of aliphatic hydroxyl groups is 1. The highest BCUT2D eigenvalue weighted by Gasteiger charge is 2.28. The summed E-state index contributed by atoms with van der Waals surface area (Å²) in [5.74, 6) is -0.0858. The second-order valence-electron chi connectivity index (χ2n) is 8.96. The number of carboxylic acid groups (broad SMARTS) is 1. The van der Waals surface area contributed by atoms with Gasteiger partial charge in [0, 0.05) is 24.2 Å². The lowest BCUT2D eigenvalue weighted by atomic mass is 9.88. The Kier molecular flexibility index (Phi) is 8.23. The number of hydrogen-bond donors (Lipinski definition) is 3. The molecule has 3 rings (SSSR count). The zero-order valence-corrected chi connectivity index (χ0v) is 19.8. The van der Waals surface area contributed by atoms with E-state index in [1.54, 1.807) is 12.1 Å². The zero-order valence-electron chi connectivity index (χ0n) is 18.3. The monoisotopic (exact) mass is 477 g/mol. The van der Waals surface area contributed by atoms with E-state index in [0.29, 0.717) is 23.8 Å². The molecule has 0 unspecified atom stereocenters. The minimum absolute atomic E-state index is 0.0675. The van der Waals surface area contributed by atoms with Gasteiger partial charge >= 0.3 is 5.97 Å². The Morgan fingerprint density at radius 2 is 1.91 bits per heavy atom. The number of benzene rings is 2. The molecule has 0 heterocycles. The highest BCUT2D eigenvalue weighted by molar-refractivity contribution is 6.43. The van der Waals surface area contributed by atoms with E-state index in [1.165, 1.54) is 17.2 Å². The van der Waals surface area contributed by atoms with Gasteiger partial charge in [-0.15, -0.1) is 0 Å². The summed E-state index contributed by atoms with van der Waals surface area (Å²) in [7, 11) is 0. The molecule has 1 aliphatic rings. The summed E-state index contributed by atoms with van der Waals surface area (Å²) >= 11 is 12.2. The van der Waals surface area contributed by atoms with Crippen LogP contribution in [0, 0.1) is 5.92 Å². The molecular weight excluding hydrogens is 449 g/mol. The van der Waals surface area contributed by atoms with Crippen LogP contribution in [0.1, 0.15) is 37.0 Å². The van der Waals surface area contributed by atoms with Crippen molar-refractivity contribution in [2.24, 2.45) is 5.92 Å². The van der Waals surface area contributed by atoms with Crippen molar-refractivity contribution in [2.45, 2.75) is 44.8 Å². The Morgan fingerprint density at radius 1 is 1.25 bits per heavy atom. The summed E-state index contributed by atoms with van der Waals surface area (Å²) < 4.78 is 5.68. The highest BCUT2D eigenvalue weighted by atomic mass is 35.5. The Morgan fingerprint density at radius 3 is 2.53 bits per heavy atom. The molecule has 0 fully saturated rings. The summed E-state index contributed by atoms with van der Waals surface area (Å²) in [6.07, 6.45) is 4.83. The zero-order chi connectivity index (χ0) is 23.3. The van der Waals surface area contributed by atoms with Crippen LogP contribution in [0.15, 0.2) is 42.5 Å². The number of aliphatic carboxylic acids is 1. The third-order valence-corrected chi connectivity index (χ3v) is 6.45. The van der Waals surface area contributed by atoms with Crippen LogP contribution < -0.4 is 10.1 Å². The van der Waals surface area contributed by atoms with Gasteiger partial charge < -0.3 is 20.3 Å². The molecule has 32 heavy (non-hydrogen) atoms. The van der Waals surface area contributed by atoms with Crippen LogP contribution in [0.2, 0.25) is 10.0 Å². The molecule has 1 atom stereocenters. The molecule has 0 saturated carbocycles. The first kappa shape index (κ1) is 24.6. The van der Waals surface area contributed by atoms with Crippen molar-refractivity contribution in [1.29, 1.82) is 0 Å². The van der Waals surface area contributed by atoms with Gasteiger partial charge in [0.15, 0.2) is 0 Å². The fraction of sp³-hybridized carbons (Fsp3) is 0.400. The molecule has 0 spiro atoms. The molecule has 1 aliphatic carbocycles. The molecule has 0 aliphatic heterocycles. The third kappa shape index (κ3) is 6.97. The maximum Gasteiger partial charge on any atom is 0.328 e. The van der Waals surface area contributed by atoms with Crippen molar-refractivity contribution >= 4 is 35.2 Å². The summed E-state index contributed by atoms with van der Waals surface area (Å²) in [5, 5.41) is 23.2. The molecular formula is C25H29Cl2NO4. The van der Waals surface area contributed by atoms with Gasteiger partial charge in [-0.25, -0.2) is 4.79 Å². The van der Waals surface area contributed by atoms with Crippen LogP contribution in [0.4, 0.5) is 0 Å². The molecule has 0 aromatic heterocycles. The number of aliphatic hydroxyl groups excluding tert-OH is 1. The number of ether oxygens (including phenoxy) is 1. The van der Waals surface area contributed by atoms with E-state index >= 15 is 0 Å². The molecule has 2 aromatic rings. The largest absolute Gasteiger partial charge is 0.491 e. The van der Waals surface area contributed by atoms with E-state index < -0.39 is 12.1 Å². The first-order valence-electron chi connectivity index (χ1n) is 10.7. The van der Waals surface area contributed by atoms with Crippen molar-refractivity contribution in [3.63, 3.8) is 0 Å². The van der Waals surface area contributed by atoms with Crippen LogP contribution in [-0.4, -0.2) is 41.0 Å². The summed E-state index contributed by atoms with van der Waals surface area (Å²) in [4.78, 5) is 10.8. The highest BCUT2D eigenvalue weighted by Crippen LogP contribution is 2.33. The molecule has 0 amide bonds. The SMILES string of the molecule is CC(C)(CC1Cc2ccccc2C1)NC[C@H](O)COc1cc(Cl)c(Cl)c(/C=C/C(=O)O)c1. The number of fused-ring (bicyclic) bond motifs is 1. The predicted molar refractivity (Wildman–Crippen MR) is 129 cm³/mol. The van der Waals surface area contributed by atoms with Gasteiger partial charge in [0.05, 0.1) is 10.0 Å². The van der Waals surface area contributed by atoms with Gasteiger partial charge in [-0.2, -0.15) is 0 Å². The van der Waals surface area contributed by atoms with Gasteiger partial charge in [0.1, 0.15) is 18.5 Å². The van der Waals surface area contributed by atoms with Crippen LogP contribution in [0.3, 0.4) is 0 Å². The van der Waals surface area contributed by atoms with Crippen LogP contribution in [0.5, 0.6) is 5.75 Å². The summed E-state index contributed by atoms with van der Waals surface area (Å²) in [6.45, 7) is 4.77. The molecule has 5 nitrogen and oxygen atoms in total. The lowest BCUT2D eigenvalue weighted by Crippen LogP contribution is -2.46. The number of carboxylic acids is 1. The number of hydrogen-bond acceptors (Lipinski definition) is 4. The Balaban J connectivity index is 1.48. The van der Waals surface area contributed by atoms with Crippen molar-refractivity contribution in [3.8, 4) is 5.75 Å². The standard InChI is InChI=1S/C25H29Cl2NO4/c1-25(2,13-16-9-17-5-3-4-6-18(17)10-16)28-14-20(29)15-32-21-11-19(7-8-23(30)31)24(27)22(26)12-21/h3-8,11-12,16,20,28-29H,9-10,13-15H2,1-2H3,(H,30,31)/b8-7+/t20-/m0/s1. The number of halogens is 2. The van der Waals surface area contributed by atoms with Crippen molar-refractivity contribution in [3.05, 3.63) is 69.2 Å². The van der Waals surface area contributed by atoms with E-state index in [4.69, 9.17) is 33.0 Å². The van der Waals surface area contributed by atoms with E-state index in [1.807, 2.05) is 0 Å². The van der Waals surface area contributed by atoms with Gasteiger partial charge in [-0.1, -0.05) is 47.5 Å². The lowest BCUT2D eigenvalue weighted by molar-refractivity contribution is -0.131. The molecule has 0 bridgehead atoms. The number of β-amino-alcohol motifs (C(OH)–C–C–N with tert-alkyl or cyclic N) is 1. The Bertz CT molecular complexity index is 965. The molecule has 0 saturated heterocycles. The van der Waals surface area contributed by atoms with Crippen molar-refractivity contribution in [2.75, 3.05) is 13.2 Å². The van der Waals surface area contributed by atoms with Crippen LogP contribution in [-0.2, 0) is 17.6 Å². The first-order chi connectivity index (χ1) is 15.1. The molecule has 7 heteroatoms. The van der Waals surface area contributed by atoms with Gasteiger partial charge in [-0.05, 0) is 67.9 Å². The Hall–Kier alpha value is -2.05. The summed E-state index contributed by atoms with van der Waals surface area (Å²) in [6, 6.07) is 11.8. The van der Waals surface area contributed by atoms with Crippen molar-refractivity contribution < 1.29 is 19.7 Å². The maximum absolute atomic E-state index is 10.8. The van der Waals surface area contributed by atoms with E-state index in [2.05, 4.69) is 43.4 Å². The molecule has 172 valence electrons. The maximum atomic E-state index is 10.8. The van der Waals surface area contributed by atoms with E-state index in [9.17, 15) is 9.90 Å². The Labute approximate surface area is 199 Å². The van der Waals surface area contributed by atoms with E-state index in [-0.39, 0.29) is 22.2 Å². The predicted octanol–water partition coefficient (Wildman–Crippen LogP) is 5.00. The van der Waals surface area contributed by atoms with Gasteiger partial charge in [0.2, 0.25) is 0 Å². The quantitative estimate of drug-likeness (QED) is 0.419. The second kappa shape index (κ2) is 10.7. The fourth-order valence-corrected chi connectivity index (χ4v) is 4.57. The van der Waals surface area contributed by atoms with Crippen LogP contribution >= 0.6 is 23.2 Å². The van der Waals surface area contributed by atoms with Crippen molar-refractivity contribution in [1.82, 2.24) is 5.32 Å². The topological polar surface area (TPSA) is 78.8 Å². The average Bonchev–Trinajstić information content (AvgIpc) is 3.13. The molecule has 3 N–H and O–H groups in total. The lowest BCUT2D eigenvalue weighted by Gasteiger charge is -2.30. The third-order valence-electron chi connectivity index (χ3n) is 5.63. The normalized spacial score (nSPS) is 15.2. The number of carbonyl (C=O) groups is 1. The molecule has 0 radical (unpaired) electrons. The number of nitrogens with one attached hydrogen (secondary N) is 1. The van der Waals surface area contributed by atoms with Gasteiger partial charge in [0.25, 0.3) is 0 Å². The van der Waals surface area contributed by atoms with Crippen LogP contribution in [0.25, 0.3) is 6.08 Å². The van der Waals surface area contributed by atoms with Gasteiger partial charge in [-0.3, -0.25) is 0 Å². The first-order valence-corrected chi connectivity index (χ1v) is 11.4. The number of rotatable bonds is 10. The average molecular weight is 478 g/mol. The van der Waals surface area contributed by atoms with E-state index in [0.717, 1.165) is 25.3 Å². The smallest absolute Gasteiger partial charge is 0.328 e. The minimum atomic E-state index is -1.09. The molecule has 2 aromatic carbocycles.